The lowest BCUT2D eigenvalue weighted by Crippen LogP contribution is -2.55. The lowest BCUT2D eigenvalue weighted by atomic mass is 10.4. The van der Waals surface area contributed by atoms with E-state index < -0.39 is 8.80 Å². The molecule has 5 nitrogen and oxygen atoms in total. The SMILES string of the molecule is CSC(=S)NCCC[Si]12OCCN(CCO1)CCO2. The normalized spacial score (nSPS) is 31.3. The standard InChI is InChI=1S/C11H22N2O3S2Si/c1-18-11(17)12-3-2-10-19-14-7-4-13(5-8-15-19)6-9-16-19/h2-10H2,1H3,(H,12,17). The van der Waals surface area contributed by atoms with Crippen molar-refractivity contribution < 1.29 is 13.3 Å². The Morgan fingerprint density at radius 1 is 1.21 bits per heavy atom. The van der Waals surface area contributed by atoms with Gasteiger partial charge in [0.1, 0.15) is 4.32 Å². The van der Waals surface area contributed by atoms with E-state index in [0.717, 1.165) is 62.8 Å². The minimum Gasteiger partial charge on any atom is -0.372 e. The Bertz CT molecular complexity index is 283. The number of hydrogen-bond acceptors (Lipinski definition) is 6. The number of nitrogens with zero attached hydrogens (tertiary/aromatic N) is 1. The quantitative estimate of drug-likeness (QED) is 0.469. The van der Waals surface area contributed by atoms with Crippen LogP contribution >= 0.6 is 24.0 Å². The van der Waals surface area contributed by atoms with Gasteiger partial charge in [-0.05, 0) is 12.7 Å². The average Bonchev–Trinajstić information content (AvgIpc) is 2.34. The monoisotopic (exact) mass is 322 g/mol. The van der Waals surface area contributed by atoms with Gasteiger partial charge in [-0.25, -0.2) is 0 Å². The van der Waals surface area contributed by atoms with Gasteiger partial charge in [0, 0.05) is 32.2 Å². The van der Waals surface area contributed by atoms with Crippen LogP contribution in [-0.2, 0) is 13.3 Å². The molecule has 3 rings (SSSR count). The first-order valence-electron chi connectivity index (χ1n) is 6.70. The van der Waals surface area contributed by atoms with Crippen molar-refractivity contribution in [3.8, 4) is 0 Å². The second-order valence-electron chi connectivity index (χ2n) is 4.59. The molecule has 0 aliphatic carbocycles. The van der Waals surface area contributed by atoms with Crippen LogP contribution in [0.2, 0.25) is 6.04 Å². The van der Waals surface area contributed by atoms with Gasteiger partial charge in [0.05, 0.1) is 19.8 Å². The zero-order valence-corrected chi connectivity index (χ0v) is 14.0. The molecule has 0 atom stereocenters. The van der Waals surface area contributed by atoms with Gasteiger partial charge in [-0.2, -0.15) is 0 Å². The maximum atomic E-state index is 5.96. The molecule has 3 aliphatic rings. The van der Waals surface area contributed by atoms with Crippen LogP contribution in [0.15, 0.2) is 0 Å². The van der Waals surface area contributed by atoms with Crippen molar-refractivity contribution in [1.82, 2.24) is 10.2 Å². The highest BCUT2D eigenvalue weighted by molar-refractivity contribution is 8.22. The molecule has 2 bridgehead atoms. The van der Waals surface area contributed by atoms with Gasteiger partial charge >= 0.3 is 8.80 Å². The summed E-state index contributed by atoms with van der Waals surface area (Å²) in [7, 11) is -2.43. The van der Waals surface area contributed by atoms with E-state index in [1.807, 2.05) is 6.26 Å². The van der Waals surface area contributed by atoms with Crippen molar-refractivity contribution in [3.05, 3.63) is 0 Å². The van der Waals surface area contributed by atoms with Gasteiger partial charge in [-0.3, -0.25) is 4.90 Å². The van der Waals surface area contributed by atoms with E-state index >= 15 is 0 Å². The maximum Gasteiger partial charge on any atom is 0.501 e. The Balaban J connectivity index is 1.79. The Kier molecular flexibility index (Phi) is 6.53. The van der Waals surface area contributed by atoms with Crippen LogP contribution in [0.25, 0.3) is 0 Å². The second kappa shape index (κ2) is 7.92. The summed E-state index contributed by atoms with van der Waals surface area (Å²) in [6.45, 7) is 6.02. The number of fused-ring (bicyclic) bond motifs is 6. The summed E-state index contributed by atoms with van der Waals surface area (Å²) in [4.78, 5) is 2.33. The zero-order chi connectivity index (χ0) is 13.6. The van der Waals surface area contributed by atoms with Crippen LogP contribution in [0, 0.1) is 0 Å². The lowest BCUT2D eigenvalue weighted by molar-refractivity contribution is -0.00845. The molecule has 110 valence electrons. The molecular weight excluding hydrogens is 300 g/mol. The zero-order valence-electron chi connectivity index (χ0n) is 11.4. The third-order valence-corrected chi connectivity index (χ3v) is 7.36. The minimum absolute atomic E-state index is 0.725. The molecule has 0 unspecified atom stereocenters. The molecule has 3 aliphatic heterocycles. The highest BCUT2D eigenvalue weighted by atomic mass is 32.2. The summed E-state index contributed by atoms with van der Waals surface area (Å²) in [5.74, 6) is 0. The van der Waals surface area contributed by atoms with Crippen LogP contribution in [0.5, 0.6) is 0 Å². The van der Waals surface area contributed by atoms with E-state index in [-0.39, 0.29) is 0 Å². The molecular formula is C11H22N2O3S2Si. The fourth-order valence-electron chi connectivity index (χ4n) is 2.24. The molecule has 0 amide bonds. The topological polar surface area (TPSA) is 43.0 Å². The summed E-state index contributed by atoms with van der Waals surface area (Å²) in [6, 6.07) is 0.872. The minimum atomic E-state index is -2.43. The molecule has 0 saturated carbocycles. The molecule has 3 heterocycles. The first-order chi connectivity index (χ1) is 9.24. The van der Waals surface area contributed by atoms with E-state index in [1.54, 1.807) is 11.8 Å². The molecule has 0 radical (unpaired) electrons. The molecule has 1 N–H and O–H groups in total. The van der Waals surface area contributed by atoms with Crippen molar-refractivity contribution >= 4 is 37.1 Å². The third kappa shape index (κ3) is 4.96. The van der Waals surface area contributed by atoms with Gasteiger partial charge in [0.2, 0.25) is 0 Å². The molecule has 0 spiro atoms. The Hall–Kier alpha value is 0.297. The molecule has 8 heteroatoms. The average molecular weight is 323 g/mol. The van der Waals surface area contributed by atoms with Gasteiger partial charge in [-0.1, -0.05) is 12.2 Å². The largest absolute Gasteiger partial charge is 0.501 e. The number of hydrogen-bond donors (Lipinski definition) is 1. The smallest absolute Gasteiger partial charge is 0.372 e. The number of thioether (sulfide) groups is 1. The molecule has 0 aromatic heterocycles. The first-order valence-corrected chi connectivity index (χ1v) is 10.3. The highest BCUT2D eigenvalue weighted by Gasteiger charge is 2.43. The number of rotatable bonds is 4. The Morgan fingerprint density at radius 3 is 2.32 bits per heavy atom. The van der Waals surface area contributed by atoms with E-state index in [2.05, 4.69) is 10.2 Å². The summed E-state index contributed by atoms with van der Waals surface area (Å²) in [5.41, 5.74) is 0. The van der Waals surface area contributed by atoms with Gasteiger partial charge in [-0.15, -0.1) is 11.8 Å². The maximum absolute atomic E-state index is 5.96. The molecule has 19 heavy (non-hydrogen) atoms. The van der Waals surface area contributed by atoms with Crippen LogP contribution in [0.4, 0.5) is 0 Å². The van der Waals surface area contributed by atoms with E-state index in [1.165, 1.54) is 0 Å². The van der Waals surface area contributed by atoms with Gasteiger partial charge < -0.3 is 18.6 Å². The van der Waals surface area contributed by atoms with Crippen molar-refractivity contribution in [1.29, 1.82) is 0 Å². The predicted octanol–water partition coefficient (Wildman–Crippen LogP) is 0.932. The van der Waals surface area contributed by atoms with Crippen molar-refractivity contribution in [2.24, 2.45) is 0 Å². The van der Waals surface area contributed by atoms with Crippen LogP contribution in [0.3, 0.4) is 0 Å². The van der Waals surface area contributed by atoms with E-state index in [0.29, 0.717) is 0 Å². The van der Waals surface area contributed by atoms with Crippen LogP contribution in [-0.4, -0.2) is 70.3 Å². The number of nitrogens with one attached hydrogen (secondary N) is 1. The fraction of sp³-hybridized carbons (Fsp3) is 0.909. The number of thiocarbonyl (C=S) groups is 1. The molecule has 0 aromatic rings. The van der Waals surface area contributed by atoms with Crippen molar-refractivity contribution in [2.75, 3.05) is 52.3 Å². The fourth-order valence-corrected chi connectivity index (χ4v) is 5.08. The Labute approximate surface area is 125 Å². The summed E-state index contributed by atoms with van der Waals surface area (Å²) in [6.07, 6.45) is 2.95. The molecule has 3 fully saturated rings. The predicted molar refractivity (Wildman–Crippen MR) is 83.6 cm³/mol. The summed E-state index contributed by atoms with van der Waals surface area (Å²) in [5, 5.41) is 3.21. The third-order valence-electron chi connectivity index (χ3n) is 3.30. The van der Waals surface area contributed by atoms with Gasteiger partial charge in [0.15, 0.2) is 0 Å². The van der Waals surface area contributed by atoms with Crippen LogP contribution in [0.1, 0.15) is 6.42 Å². The van der Waals surface area contributed by atoms with E-state index in [9.17, 15) is 0 Å². The molecule has 0 aromatic carbocycles. The first kappa shape index (κ1) is 15.7. The lowest BCUT2D eigenvalue weighted by Gasteiger charge is -2.38. The van der Waals surface area contributed by atoms with Crippen molar-refractivity contribution in [2.45, 2.75) is 12.5 Å². The van der Waals surface area contributed by atoms with E-state index in [4.69, 9.17) is 25.5 Å². The highest BCUT2D eigenvalue weighted by Crippen LogP contribution is 2.21. The van der Waals surface area contributed by atoms with Gasteiger partial charge in [0.25, 0.3) is 0 Å². The summed E-state index contributed by atoms with van der Waals surface area (Å²) >= 11 is 6.68. The summed E-state index contributed by atoms with van der Waals surface area (Å²) < 4.78 is 18.7. The van der Waals surface area contributed by atoms with Crippen LogP contribution < -0.4 is 5.32 Å². The van der Waals surface area contributed by atoms with Crippen molar-refractivity contribution in [3.63, 3.8) is 0 Å². The second-order valence-corrected chi connectivity index (χ2v) is 8.81. The Morgan fingerprint density at radius 2 is 1.79 bits per heavy atom. The molecule has 3 saturated heterocycles.